The van der Waals surface area contributed by atoms with Gasteiger partial charge in [0.25, 0.3) is 0 Å². The average Bonchev–Trinajstić information content (AvgIpc) is 2.55. The van der Waals surface area contributed by atoms with Crippen molar-refractivity contribution in [1.82, 2.24) is 9.97 Å². The van der Waals surface area contributed by atoms with Gasteiger partial charge in [-0.05, 0) is 44.5 Å². The molecule has 1 aromatic carbocycles. The van der Waals surface area contributed by atoms with Gasteiger partial charge in [0.1, 0.15) is 11.6 Å². The zero-order valence-corrected chi connectivity index (χ0v) is 15.6. The van der Waals surface area contributed by atoms with E-state index >= 15 is 0 Å². The summed E-state index contributed by atoms with van der Waals surface area (Å²) in [7, 11) is 0. The lowest BCUT2D eigenvalue weighted by Crippen LogP contribution is -2.22. The molecule has 0 aliphatic heterocycles. The van der Waals surface area contributed by atoms with Crippen LogP contribution >= 0.6 is 11.8 Å². The first-order chi connectivity index (χ1) is 11.9. The van der Waals surface area contributed by atoms with Crippen LogP contribution in [-0.2, 0) is 4.79 Å². The maximum Gasteiger partial charge on any atom is 0.234 e. The molecule has 0 aliphatic rings. The van der Waals surface area contributed by atoms with E-state index in [-0.39, 0.29) is 23.3 Å². The summed E-state index contributed by atoms with van der Waals surface area (Å²) >= 11 is 1.19. The molecule has 2 rings (SSSR count). The minimum absolute atomic E-state index is 0.135. The molecule has 1 aromatic heterocycles. The third-order valence-corrected chi connectivity index (χ3v) is 4.51. The Balaban J connectivity index is 1.97. The van der Waals surface area contributed by atoms with Gasteiger partial charge in [0.15, 0.2) is 5.16 Å². The molecule has 0 spiro atoms. The number of carbonyl (C=O) groups is 1. The van der Waals surface area contributed by atoms with Crippen LogP contribution in [-0.4, -0.2) is 34.7 Å². The maximum absolute atomic E-state index is 12.1. The van der Waals surface area contributed by atoms with Gasteiger partial charge in [-0.15, -0.1) is 0 Å². The summed E-state index contributed by atoms with van der Waals surface area (Å²) in [5.41, 5.74) is 14.3. The lowest BCUT2D eigenvalue weighted by Gasteiger charge is -2.23. The Morgan fingerprint density at radius 2 is 1.80 bits per heavy atom. The van der Waals surface area contributed by atoms with Gasteiger partial charge in [-0.1, -0.05) is 11.8 Å². The normalized spacial score (nSPS) is 10.5. The number of hydrogen-bond donors (Lipinski definition) is 3. The van der Waals surface area contributed by atoms with Gasteiger partial charge in [-0.25, -0.2) is 9.97 Å². The monoisotopic (exact) mass is 360 g/mol. The van der Waals surface area contributed by atoms with E-state index in [1.807, 2.05) is 25.1 Å². The number of aromatic nitrogens is 2. The maximum atomic E-state index is 12.1. The molecule has 5 N–H and O–H groups in total. The minimum Gasteiger partial charge on any atom is -0.383 e. The Morgan fingerprint density at radius 3 is 2.36 bits per heavy atom. The Kier molecular flexibility index (Phi) is 6.46. The molecular formula is C17H24N6OS. The van der Waals surface area contributed by atoms with E-state index in [0.29, 0.717) is 5.16 Å². The average molecular weight is 360 g/mol. The van der Waals surface area contributed by atoms with E-state index in [1.54, 1.807) is 0 Å². The number of thioether (sulfide) groups is 1. The van der Waals surface area contributed by atoms with Crippen LogP contribution in [0.2, 0.25) is 0 Å². The predicted molar refractivity (Wildman–Crippen MR) is 105 cm³/mol. The summed E-state index contributed by atoms with van der Waals surface area (Å²) in [4.78, 5) is 22.5. The molecule has 0 atom stereocenters. The van der Waals surface area contributed by atoms with Gasteiger partial charge in [-0.2, -0.15) is 0 Å². The van der Waals surface area contributed by atoms with Crippen molar-refractivity contribution in [3.05, 3.63) is 29.8 Å². The number of benzene rings is 1. The van der Waals surface area contributed by atoms with Crippen molar-refractivity contribution in [3.63, 3.8) is 0 Å². The fourth-order valence-corrected chi connectivity index (χ4v) is 3.18. The SMILES string of the molecule is CCN(CC)c1ccc(NC(=O)CSc2nc(N)cc(N)n2)cc1C. The summed E-state index contributed by atoms with van der Waals surface area (Å²) in [5.74, 6) is 0.625. The van der Waals surface area contributed by atoms with Gasteiger partial charge in [0.2, 0.25) is 5.91 Å². The highest BCUT2D eigenvalue weighted by Crippen LogP contribution is 2.24. The van der Waals surface area contributed by atoms with Gasteiger partial charge < -0.3 is 21.7 Å². The van der Waals surface area contributed by atoms with Gasteiger partial charge in [-0.3, -0.25) is 4.79 Å². The quantitative estimate of drug-likeness (QED) is 0.514. The Morgan fingerprint density at radius 1 is 1.16 bits per heavy atom. The predicted octanol–water partition coefficient (Wildman–Crippen LogP) is 2.53. The smallest absolute Gasteiger partial charge is 0.234 e. The molecule has 0 saturated heterocycles. The number of rotatable bonds is 7. The standard InChI is InChI=1S/C17H24N6OS/c1-4-23(5-2)13-7-6-12(8-11(13)3)20-16(24)10-25-17-21-14(18)9-15(19)22-17/h6-9H,4-5,10H2,1-3H3,(H,20,24)(H4,18,19,21,22). The van der Waals surface area contributed by atoms with Crippen molar-refractivity contribution in [1.29, 1.82) is 0 Å². The van der Waals surface area contributed by atoms with Crippen molar-refractivity contribution in [2.24, 2.45) is 0 Å². The first-order valence-electron chi connectivity index (χ1n) is 8.11. The van der Waals surface area contributed by atoms with Gasteiger partial charge in [0, 0.05) is 30.5 Å². The second-order valence-electron chi connectivity index (χ2n) is 5.51. The second-order valence-corrected chi connectivity index (χ2v) is 6.45. The van der Waals surface area contributed by atoms with Crippen molar-refractivity contribution in [2.75, 3.05) is 40.5 Å². The van der Waals surface area contributed by atoms with Crippen LogP contribution in [0.4, 0.5) is 23.0 Å². The first-order valence-corrected chi connectivity index (χ1v) is 9.09. The first kappa shape index (κ1) is 18.9. The van der Waals surface area contributed by atoms with Crippen LogP contribution in [0.25, 0.3) is 0 Å². The fraction of sp³-hybridized carbons (Fsp3) is 0.353. The number of amides is 1. The molecule has 1 heterocycles. The second kappa shape index (κ2) is 8.57. The van der Waals surface area contributed by atoms with Gasteiger partial charge in [0.05, 0.1) is 5.75 Å². The summed E-state index contributed by atoms with van der Waals surface area (Å²) in [5, 5.41) is 3.28. The topological polar surface area (TPSA) is 110 Å². The highest BCUT2D eigenvalue weighted by Gasteiger charge is 2.10. The Bertz CT molecular complexity index is 728. The molecule has 0 unspecified atom stereocenters. The largest absolute Gasteiger partial charge is 0.383 e. The molecule has 0 fully saturated rings. The number of hydrogen-bond acceptors (Lipinski definition) is 7. The zero-order chi connectivity index (χ0) is 18.4. The number of nitrogens with two attached hydrogens (primary N) is 2. The molecule has 25 heavy (non-hydrogen) atoms. The Labute approximate surface area is 152 Å². The van der Waals surface area contributed by atoms with Crippen molar-refractivity contribution >= 4 is 40.7 Å². The van der Waals surface area contributed by atoms with Crippen LogP contribution in [0.1, 0.15) is 19.4 Å². The molecule has 2 aromatic rings. The summed E-state index contributed by atoms with van der Waals surface area (Å²) < 4.78 is 0. The van der Waals surface area contributed by atoms with Crippen LogP contribution in [0.3, 0.4) is 0 Å². The van der Waals surface area contributed by atoms with E-state index in [4.69, 9.17) is 11.5 Å². The van der Waals surface area contributed by atoms with Crippen molar-refractivity contribution in [3.8, 4) is 0 Å². The molecule has 134 valence electrons. The molecule has 0 bridgehead atoms. The van der Waals surface area contributed by atoms with Crippen LogP contribution in [0.5, 0.6) is 0 Å². The van der Waals surface area contributed by atoms with Crippen LogP contribution in [0.15, 0.2) is 29.4 Å². The lowest BCUT2D eigenvalue weighted by atomic mass is 10.1. The molecule has 0 radical (unpaired) electrons. The minimum atomic E-state index is -0.135. The number of nitrogens with one attached hydrogen (secondary N) is 1. The number of anilines is 4. The van der Waals surface area contributed by atoms with E-state index in [2.05, 4.69) is 34.0 Å². The highest BCUT2D eigenvalue weighted by atomic mass is 32.2. The Hall–Kier alpha value is -2.48. The third kappa shape index (κ3) is 5.25. The summed E-state index contributed by atoms with van der Waals surface area (Å²) in [6.45, 7) is 8.19. The number of carbonyl (C=O) groups excluding carboxylic acids is 1. The third-order valence-electron chi connectivity index (χ3n) is 3.66. The number of nitrogen functional groups attached to an aromatic ring is 2. The summed E-state index contributed by atoms with van der Waals surface area (Å²) in [6, 6.07) is 7.40. The molecule has 1 amide bonds. The van der Waals surface area contributed by atoms with Crippen LogP contribution < -0.4 is 21.7 Å². The molecular weight excluding hydrogens is 336 g/mol. The fourth-order valence-electron chi connectivity index (χ4n) is 2.51. The van der Waals surface area contributed by atoms with Crippen molar-refractivity contribution < 1.29 is 4.79 Å². The zero-order valence-electron chi connectivity index (χ0n) is 14.7. The summed E-state index contributed by atoms with van der Waals surface area (Å²) in [6.07, 6.45) is 0. The van der Waals surface area contributed by atoms with E-state index < -0.39 is 0 Å². The van der Waals surface area contributed by atoms with E-state index in [9.17, 15) is 4.79 Å². The van der Waals surface area contributed by atoms with E-state index in [0.717, 1.165) is 24.3 Å². The van der Waals surface area contributed by atoms with Gasteiger partial charge >= 0.3 is 0 Å². The molecule has 0 saturated carbocycles. The molecule has 0 aliphatic carbocycles. The number of aryl methyl sites for hydroxylation is 1. The number of nitrogens with zero attached hydrogens (tertiary/aromatic N) is 3. The van der Waals surface area contributed by atoms with E-state index in [1.165, 1.54) is 23.5 Å². The lowest BCUT2D eigenvalue weighted by molar-refractivity contribution is -0.113. The van der Waals surface area contributed by atoms with Crippen molar-refractivity contribution in [2.45, 2.75) is 25.9 Å². The highest BCUT2D eigenvalue weighted by molar-refractivity contribution is 7.99. The van der Waals surface area contributed by atoms with Crippen LogP contribution in [0, 0.1) is 6.92 Å². The molecule has 8 heteroatoms. The molecule has 7 nitrogen and oxygen atoms in total.